The van der Waals surface area contributed by atoms with Gasteiger partial charge in [0.15, 0.2) is 5.13 Å². The van der Waals surface area contributed by atoms with Crippen LogP contribution in [0.4, 0.5) is 5.13 Å². The number of aliphatic hydroxyl groups excluding tert-OH is 1. The maximum Gasteiger partial charge on any atom is 0.180 e. The Labute approximate surface area is 128 Å². The smallest absolute Gasteiger partial charge is 0.180 e. The van der Waals surface area contributed by atoms with Crippen molar-refractivity contribution in [2.24, 2.45) is 7.05 Å². The first-order valence-corrected chi connectivity index (χ1v) is 8.04. The van der Waals surface area contributed by atoms with Gasteiger partial charge < -0.3 is 10.8 Å². The number of nitrogens with zero attached hydrogens (tertiary/aromatic N) is 4. The molecule has 7 heteroatoms. The molecule has 21 heavy (non-hydrogen) atoms. The van der Waals surface area contributed by atoms with Crippen molar-refractivity contribution < 1.29 is 5.11 Å². The third-order valence-electron chi connectivity index (χ3n) is 4.03. The highest BCUT2D eigenvalue weighted by Crippen LogP contribution is 2.29. The van der Waals surface area contributed by atoms with Gasteiger partial charge in [0.25, 0.3) is 0 Å². The third-order valence-corrected chi connectivity index (χ3v) is 4.85. The van der Waals surface area contributed by atoms with Crippen molar-refractivity contribution in [2.45, 2.75) is 38.0 Å². The topological polar surface area (TPSA) is 80.2 Å². The highest BCUT2D eigenvalue weighted by atomic mass is 32.1. The van der Waals surface area contributed by atoms with Crippen LogP contribution in [0.1, 0.15) is 35.8 Å². The summed E-state index contributed by atoms with van der Waals surface area (Å²) in [6.45, 7) is 1.95. The van der Waals surface area contributed by atoms with E-state index < -0.39 is 6.10 Å². The third kappa shape index (κ3) is 3.42. The fourth-order valence-corrected chi connectivity index (χ4v) is 3.68. The van der Waals surface area contributed by atoms with Crippen molar-refractivity contribution in [1.29, 1.82) is 0 Å². The monoisotopic (exact) mass is 307 g/mol. The molecule has 0 bridgehead atoms. The Morgan fingerprint density at radius 1 is 1.52 bits per heavy atom. The number of aryl methyl sites for hydroxylation is 1. The number of likely N-dealkylation sites (tertiary alicyclic amines) is 1. The summed E-state index contributed by atoms with van der Waals surface area (Å²) in [5, 5.41) is 15.1. The van der Waals surface area contributed by atoms with Gasteiger partial charge in [0, 0.05) is 42.5 Å². The fraction of sp³-hybridized carbons (Fsp3) is 0.571. The molecule has 1 saturated heterocycles. The average Bonchev–Trinajstić information content (AvgIpc) is 3.14. The molecule has 3 heterocycles. The second-order valence-electron chi connectivity index (χ2n) is 5.63. The van der Waals surface area contributed by atoms with Crippen LogP contribution < -0.4 is 5.73 Å². The Hall–Kier alpha value is -1.44. The minimum absolute atomic E-state index is 0.406. The number of anilines is 1. The second kappa shape index (κ2) is 6.13. The van der Waals surface area contributed by atoms with Crippen LogP contribution >= 0.6 is 11.3 Å². The lowest BCUT2D eigenvalue weighted by molar-refractivity contribution is 0.118. The van der Waals surface area contributed by atoms with E-state index in [4.69, 9.17) is 5.73 Å². The number of nitrogens with two attached hydrogens (primary N) is 1. The molecule has 1 aliphatic heterocycles. The largest absolute Gasteiger partial charge is 0.388 e. The summed E-state index contributed by atoms with van der Waals surface area (Å²) in [4.78, 5) is 7.72. The quantitative estimate of drug-likeness (QED) is 0.876. The highest BCUT2D eigenvalue weighted by molar-refractivity contribution is 7.15. The maximum absolute atomic E-state index is 10.4. The summed E-state index contributed by atoms with van der Waals surface area (Å²) in [6.07, 6.45) is 8.09. The van der Waals surface area contributed by atoms with Gasteiger partial charge in [0.1, 0.15) is 0 Å². The van der Waals surface area contributed by atoms with Gasteiger partial charge >= 0.3 is 0 Å². The SMILES string of the molecule is Cn1cc(C(O)CC2CCCN2Cc2cnc(N)s2)cn1. The van der Waals surface area contributed by atoms with Crippen molar-refractivity contribution in [2.75, 3.05) is 12.3 Å². The Bertz CT molecular complexity index is 596. The summed E-state index contributed by atoms with van der Waals surface area (Å²) in [5.41, 5.74) is 6.58. The molecule has 0 spiro atoms. The minimum Gasteiger partial charge on any atom is -0.388 e. The molecule has 2 unspecified atom stereocenters. The zero-order valence-electron chi connectivity index (χ0n) is 12.1. The van der Waals surface area contributed by atoms with Crippen molar-refractivity contribution in [3.05, 3.63) is 29.0 Å². The van der Waals surface area contributed by atoms with E-state index in [1.54, 1.807) is 22.2 Å². The molecule has 0 aliphatic carbocycles. The zero-order valence-corrected chi connectivity index (χ0v) is 13.0. The number of rotatable bonds is 5. The Kier molecular flexibility index (Phi) is 4.23. The molecule has 3 rings (SSSR count). The standard InChI is InChI=1S/C14H21N5OS/c1-18-8-10(6-17-18)13(20)5-11-3-2-4-19(11)9-12-7-16-14(15)21-12/h6-8,11,13,20H,2-5,9H2,1H3,(H2,15,16). The van der Waals surface area contributed by atoms with Gasteiger partial charge in [0.05, 0.1) is 12.3 Å². The zero-order chi connectivity index (χ0) is 14.8. The van der Waals surface area contributed by atoms with E-state index in [-0.39, 0.29) is 0 Å². The molecule has 0 radical (unpaired) electrons. The van der Waals surface area contributed by atoms with E-state index in [9.17, 15) is 5.11 Å². The minimum atomic E-state index is -0.448. The molecular weight excluding hydrogens is 286 g/mol. The van der Waals surface area contributed by atoms with Gasteiger partial charge in [-0.25, -0.2) is 4.98 Å². The lowest BCUT2D eigenvalue weighted by atomic mass is 10.0. The maximum atomic E-state index is 10.4. The second-order valence-corrected chi connectivity index (χ2v) is 6.78. The van der Waals surface area contributed by atoms with Gasteiger partial charge in [0.2, 0.25) is 0 Å². The van der Waals surface area contributed by atoms with Gasteiger partial charge in [-0.2, -0.15) is 5.10 Å². The highest BCUT2D eigenvalue weighted by Gasteiger charge is 2.27. The van der Waals surface area contributed by atoms with Crippen molar-refractivity contribution in [1.82, 2.24) is 19.7 Å². The van der Waals surface area contributed by atoms with Crippen molar-refractivity contribution in [3.63, 3.8) is 0 Å². The molecule has 2 aromatic heterocycles. The van der Waals surface area contributed by atoms with Crippen LogP contribution in [0, 0.1) is 0 Å². The van der Waals surface area contributed by atoms with E-state index in [1.165, 1.54) is 11.3 Å². The summed E-state index contributed by atoms with van der Waals surface area (Å²) in [5.74, 6) is 0. The van der Waals surface area contributed by atoms with E-state index >= 15 is 0 Å². The normalized spacial score (nSPS) is 21.0. The Morgan fingerprint density at radius 3 is 3.05 bits per heavy atom. The van der Waals surface area contributed by atoms with Crippen LogP contribution in [0.15, 0.2) is 18.6 Å². The van der Waals surface area contributed by atoms with Crippen LogP contribution in [-0.4, -0.2) is 37.4 Å². The molecule has 0 saturated carbocycles. The van der Waals surface area contributed by atoms with Crippen LogP contribution in [0.25, 0.3) is 0 Å². The van der Waals surface area contributed by atoms with E-state index in [1.807, 2.05) is 19.4 Å². The predicted molar refractivity (Wildman–Crippen MR) is 82.7 cm³/mol. The number of hydrogen-bond acceptors (Lipinski definition) is 6. The van der Waals surface area contributed by atoms with Crippen LogP contribution in [0.5, 0.6) is 0 Å². The van der Waals surface area contributed by atoms with Crippen LogP contribution in [-0.2, 0) is 13.6 Å². The first-order chi connectivity index (χ1) is 10.1. The summed E-state index contributed by atoms with van der Waals surface area (Å²) < 4.78 is 1.73. The van der Waals surface area contributed by atoms with Crippen LogP contribution in [0.3, 0.4) is 0 Å². The molecule has 3 N–H and O–H groups in total. The molecule has 0 aromatic carbocycles. The lowest BCUT2D eigenvalue weighted by Crippen LogP contribution is -2.30. The fourth-order valence-electron chi connectivity index (χ4n) is 2.97. The van der Waals surface area contributed by atoms with E-state index in [2.05, 4.69) is 15.0 Å². The molecule has 0 amide bonds. The average molecular weight is 307 g/mol. The van der Waals surface area contributed by atoms with Crippen LogP contribution in [0.2, 0.25) is 0 Å². The van der Waals surface area contributed by atoms with Crippen molar-refractivity contribution >= 4 is 16.5 Å². The molecule has 2 aromatic rings. The number of aliphatic hydroxyl groups is 1. The number of hydrogen-bond donors (Lipinski definition) is 2. The van der Waals surface area contributed by atoms with Gasteiger partial charge in [-0.05, 0) is 25.8 Å². The molecule has 1 aliphatic rings. The molecular formula is C14H21N5OS. The van der Waals surface area contributed by atoms with Gasteiger partial charge in [-0.1, -0.05) is 0 Å². The summed E-state index contributed by atoms with van der Waals surface area (Å²) >= 11 is 1.54. The summed E-state index contributed by atoms with van der Waals surface area (Å²) in [7, 11) is 1.87. The number of aromatic nitrogens is 3. The number of nitrogen functional groups attached to an aromatic ring is 1. The first-order valence-electron chi connectivity index (χ1n) is 7.22. The Morgan fingerprint density at radius 2 is 2.38 bits per heavy atom. The molecule has 6 nitrogen and oxygen atoms in total. The lowest BCUT2D eigenvalue weighted by Gasteiger charge is -2.25. The van der Waals surface area contributed by atoms with E-state index in [0.29, 0.717) is 11.2 Å². The molecule has 2 atom stereocenters. The molecule has 114 valence electrons. The summed E-state index contributed by atoms with van der Waals surface area (Å²) in [6, 6.07) is 0.406. The van der Waals surface area contributed by atoms with E-state index in [0.717, 1.165) is 31.5 Å². The van der Waals surface area contributed by atoms with Crippen molar-refractivity contribution in [3.8, 4) is 0 Å². The number of thiazole rings is 1. The predicted octanol–water partition coefficient (Wildman–Crippen LogP) is 1.55. The first kappa shape index (κ1) is 14.5. The Balaban J connectivity index is 1.61. The molecule has 1 fully saturated rings. The van der Waals surface area contributed by atoms with Gasteiger partial charge in [-0.15, -0.1) is 11.3 Å². The van der Waals surface area contributed by atoms with Gasteiger partial charge in [-0.3, -0.25) is 9.58 Å².